The Labute approximate surface area is 192 Å². The summed E-state index contributed by atoms with van der Waals surface area (Å²) in [7, 11) is 0. The van der Waals surface area contributed by atoms with Gasteiger partial charge in [-0.25, -0.2) is 18.6 Å². The Hall–Kier alpha value is -3.31. The van der Waals surface area contributed by atoms with Crippen LogP contribution < -0.4 is 15.5 Å². The molecule has 0 unspecified atom stereocenters. The highest BCUT2D eigenvalue weighted by molar-refractivity contribution is 6.34. The van der Waals surface area contributed by atoms with Crippen LogP contribution in [-0.4, -0.2) is 43.6 Å². The number of aliphatic hydroxyl groups is 1. The number of anilines is 2. The summed E-state index contributed by atoms with van der Waals surface area (Å²) in [6.07, 6.45) is 0.653. The number of carbonyl (C=O) groups excluding carboxylic acids is 1. The van der Waals surface area contributed by atoms with Gasteiger partial charge in [0.25, 0.3) is 5.91 Å². The van der Waals surface area contributed by atoms with Crippen LogP contribution in [-0.2, 0) is 13.2 Å². The predicted octanol–water partition coefficient (Wildman–Crippen LogP) is 2.71. The Kier molecular flexibility index (Phi) is 6.17. The summed E-state index contributed by atoms with van der Waals surface area (Å²) in [6, 6.07) is 5.03. The van der Waals surface area contributed by atoms with E-state index >= 15 is 4.39 Å². The maximum atomic E-state index is 15.1. The summed E-state index contributed by atoms with van der Waals surface area (Å²) in [5, 5.41) is 13.5. The number of rotatable bonds is 6. The number of hydrogen-bond acceptors (Lipinski definition) is 6. The van der Waals surface area contributed by atoms with Crippen LogP contribution in [0.3, 0.4) is 0 Å². The van der Waals surface area contributed by atoms with Gasteiger partial charge < -0.3 is 10.0 Å². The van der Waals surface area contributed by atoms with E-state index in [0.29, 0.717) is 13.0 Å². The van der Waals surface area contributed by atoms with Gasteiger partial charge >= 0.3 is 5.69 Å². The molecule has 0 saturated carbocycles. The zero-order chi connectivity index (χ0) is 23.9. The fourth-order valence-corrected chi connectivity index (χ4v) is 4.10. The number of para-hydroxylation sites is 1. The van der Waals surface area contributed by atoms with E-state index in [4.69, 9.17) is 11.6 Å². The third kappa shape index (κ3) is 3.76. The number of benzene rings is 1. The molecule has 12 heteroatoms. The van der Waals surface area contributed by atoms with E-state index in [1.54, 1.807) is 11.8 Å². The molecule has 2 aromatic heterocycles. The molecule has 1 aliphatic rings. The minimum atomic E-state index is -0.965. The standard InChI is InChI=1S/C21H21ClF2N6O3/c1-3-8-27-11-29(17-13(22)6-5-7-14(17)23)20(32)12-9-15(24)19(25-18(12)27)30-21(33)28(4-2)16(10-31)26-30/h5-7,9,31H,3-4,8,10-11H2,1-2H3. The zero-order valence-corrected chi connectivity index (χ0v) is 18.7. The summed E-state index contributed by atoms with van der Waals surface area (Å²) in [5.41, 5.74) is -0.872. The monoisotopic (exact) mass is 478 g/mol. The highest BCUT2D eigenvalue weighted by Crippen LogP contribution is 2.35. The molecule has 1 N–H and O–H groups in total. The lowest BCUT2D eigenvalue weighted by Crippen LogP contribution is -2.48. The minimum Gasteiger partial charge on any atom is -0.388 e. The molecule has 0 radical (unpaired) electrons. The largest absolute Gasteiger partial charge is 0.388 e. The maximum absolute atomic E-state index is 15.1. The van der Waals surface area contributed by atoms with Gasteiger partial charge in [-0.2, -0.15) is 4.68 Å². The minimum absolute atomic E-state index is 0.0430. The number of aliphatic hydroxyl groups excluding tert-OH is 1. The topological polar surface area (TPSA) is 96.5 Å². The van der Waals surface area contributed by atoms with E-state index in [9.17, 15) is 19.1 Å². The Morgan fingerprint density at radius 3 is 2.52 bits per heavy atom. The van der Waals surface area contributed by atoms with Crippen molar-refractivity contribution in [3.05, 3.63) is 62.8 Å². The van der Waals surface area contributed by atoms with Gasteiger partial charge in [-0.15, -0.1) is 5.10 Å². The predicted molar refractivity (Wildman–Crippen MR) is 118 cm³/mol. The maximum Gasteiger partial charge on any atom is 0.352 e. The summed E-state index contributed by atoms with van der Waals surface area (Å²) in [6.45, 7) is 3.65. The van der Waals surface area contributed by atoms with Crippen molar-refractivity contribution in [3.63, 3.8) is 0 Å². The van der Waals surface area contributed by atoms with Gasteiger partial charge in [0.05, 0.1) is 17.3 Å². The van der Waals surface area contributed by atoms with Crippen LogP contribution in [0.4, 0.5) is 20.3 Å². The molecule has 0 fully saturated rings. The van der Waals surface area contributed by atoms with Crippen LogP contribution >= 0.6 is 11.6 Å². The van der Waals surface area contributed by atoms with Gasteiger partial charge in [0.15, 0.2) is 17.5 Å². The van der Waals surface area contributed by atoms with Crippen molar-refractivity contribution < 1.29 is 18.7 Å². The summed E-state index contributed by atoms with van der Waals surface area (Å²) < 4.78 is 31.7. The van der Waals surface area contributed by atoms with E-state index in [0.717, 1.165) is 15.6 Å². The molecule has 1 aromatic carbocycles. The van der Waals surface area contributed by atoms with Gasteiger partial charge in [0.2, 0.25) is 0 Å². The van der Waals surface area contributed by atoms with Gasteiger partial charge in [-0.05, 0) is 31.5 Å². The lowest BCUT2D eigenvalue weighted by atomic mass is 10.1. The number of amides is 1. The third-order valence-electron chi connectivity index (χ3n) is 5.32. The van der Waals surface area contributed by atoms with E-state index in [1.807, 2.05) is 6.92 Å². The molecular formula is C21H21ClF2N6O3. The Bertz CT molecular complexity index is 1270. The molecule has 0 aliphatic carbocycles. The quantitative estimate of drug-likeness (QED) is 0.585. The van der Waals surface area contributed by atoms with Crippen LogP contribution in [0.2, 0.25) is 5.02 Å². The van der Waals surface area contributed by atoms with E-state index in [1.165, 1.54) is 22.8 Å². The van der Waals surface area contributed by atoms with Crippen LogP contribution in [0.5, 0.6) is 0 Å². The number of carbonyl (C=O) groups is 1. The molecular weight excluding hydrogens is 458 g/mol. The summed E-state index contributed by atoms with van der Waals surface area (Å²) in [4.78, 5) is 33.0. The first-order valence-electron chi connectivity index (χ1n) is 10.3. The number of halogens is 3. The fraction of sp³-hybridized carbons (Fsp3) is 0.333. The van der Waals surface area contributed by atoms with Crippen LogP contribution in [0.1, 0.15) is 36.5 Å². The van der Waals surface area contributed by atoms with Crippen LogP contribution in [0.15, 0.2) is 29.1 Å². The number of nitrogens with zero attached hydrogens (tertiary/aromatic N) is 6. The molecule has 33 heavy (non-hydrogen) atoms. The molecule has 0 atom stereocenters. The Morgan fingerprint density at radius 2 is 1.91 bits per heavy atom. The van der Waals surface area contributed by atoms with Crippen molar-refractivity contribution in [2.24, 2.45) is 0 Å². The zero-order valence-electron chi connectivity index (χ0n) is 17.9. The molecule has 4 rings (SSSR count). The van der Waals surface area contributed by atoms with Crippen LogP contribution in [0, 0.1) is 11.6 Å². The molecule has 0 saturated heterocycles. The average molecular weight is 479 g/mol. The van der Waals surface area contributed by atoms with Crippen molar-refractivity contribution in [2.45, 2.75) is 33.4 Å². The number of pyridine rings is 1. The fourth-order valence-electron chi connectivity index (χ4n) is 3.84. The van der Waals surface area contributed by atoms with E-state index < -0.39 is 35.7 Å². The normalized spacial score (nSPS) is 13.6. The van der Waals surface area contributed by atoms with E-state index in [-0.39, 0.29) is 41.1 Å². The number of hydrogen-bond donors (Lipinski definition) is 1. The number of aromatic nitrogens is 4. The molecule has 9 nitrogen and oxygen atoms in total. The van der Waals surface area contributed by atoms with Crippen molar-refractivity contribution in [3.8, 4) is 5.82 Å². The first-order valence-corrected chi connectivity index (χ1v) is 10.7. The molecule has 0 spiro atoms. The molecule has 3 aromatic rings. The van der Waals surface area contributed by atoms with Crippen LogP contribution in [0.25, 0.3) is 5.82 Å². The summed E-state index contributed by atoms with van der Waals surface area (Å²) in [5.74, 6) is -2.52. The number of fused-ring (bicyclic) bond motifs is 1. The average Bonchev–Trinajstić information content (AvgIpc) is 3.11. The van der Waals surface area contributed by atoms with E-state index in [2.05, 4.69) is 10.1 Å². The Morgan fingerprint density at radius 1 is 1.15 bits per heavy atom. The molecule has 1 aliphatic heterocycles. The lowest BCUT2D eigenvalue weighted by Gasteiger charge is -2.37. The third-order valence-corrected chi connectivity index (χ3v) is 5.63. The molecule has 174 valence electrons. The highest BCUT2D eigenvalue weighted by atomic mass is 35.5. The van der Waals surface area contributed by atoms with Crippen molar-refractivity contribution in [1.29, 1.82) is 0 Å². The second kappa shape index (κ2) is 8.91. The lowest BCUT2D eigenvalue weighted by molar-refractivity contribution is 0.0980. The molecule has 1 amide bonds. The highest BCUT2D eigenvalue weighted by Gasteiger charge is 2.35. The second-order valence-corrected chi connectivity index (χ2v) is 7.79. The molecule has 3 heterocycles. The first kappa shape index (κ1) is 22.9. The van der Waals surface area contributed by atoms with Gasteiger partial charge in [0, 0.05) is 13.1 Å². The first-order chi connectivity index (χ1) is 15.8. The van der Waals surface area contributed by atoms with Gasteiger partial charge in [0.1, 0.15) is 23.9 Å². The SMILES string of the molecule is CCCN1CN(c2c(F)cccc2Cl)C(=O)c2cc(F)c(-n3nc(CO)n(CC)c3=O)nc21. The summed E-state index contributed by atoms with van der Waals surface area (Å²) >= 11 is 6.17. The van der Waals surface area contributed by atoms with Gasteiger partial charge in [-0.1, -0.05) is 24.6 Å². The van der Waals surface area contributed by atoms with Crippen molar-refractivity contribution in [1.82, 2.24) is 19.3 Å². The second-order valence-electron chi connectivity index (χ2n) is 7.39. The van der Waals surface area contributed by atoms with Crippen molar-refractivity contribution in [2.75, 3.05) is 23.0 Å². The smallest absolute Gasteiger partial charge is 0.352 e. The van der Waals surface area contributed by atoms with Crippen molar-refractivity contribution >= 4 is 29.0 Å². The molecule has 0 bridgehead atoms. The Balaban J connectivity index is 1.88. The van der Waals surface area contributed by atoms with Gasteiger partial charge in [-0.3, -0.25) is 14.3 Å².